The minimum absolute atomic E-state index is 0.136. The van der Waals surface area contributed by atoms with E-state index >= 15 is 0 Å². The number of rotatable bonds is 5. The van der Waals surface area contributed by atoms with Crippen molar-refractivity contribution in [2.45, 2.75) is 18.3 Å². The lowest BCUT2D eigenvalue weighted by atomic mass is 9.47. The molecular formula is C33H24N4O5. The Morgan fingerprint density at radius 2 is 1.55 bits per heavy atom. The molecule has 1 fully saturated rings. The minimum atomic E-state index is -1.14. The number of nitrogens with one attached hydrogen (secondary N) is 1. The van der Waals surface area contributed by atoms with E-state index in [0.717, 1.165) is 32.7 Å². The second-order valence-electron chi connectivity index (χ2n) is 10.9. The van der Waals surface area contributed by atoms with Crippen LogP contribution < -0.4 is 10.3 Å². The van der Waals surface area contributed by atoms with Crippen molar-refractivity contribution < 1.29 is 19.3 Å². The first-order chi connectivity index (χ1) is 20.3. The van der Waals surface area contributed by atoms with E-state index in [1.165, 1.54) is 24.3 Å². The molecule has 206 valence electrons. The summed E-state index contributed by atoms with van der Waals surface area (Å²) in [6.07, 6.45) is 1.61. The van der Waals surface area contributed by atoms with Gasteiger partial charge >= 0.3 is 0 Å². The van der Waals surface area contributed by atoms with Crippen LogP contribution in [0.15, 0.2) is 102 Å². The predicted molar refractivity (Wildman–Crippen MR) is 155 cm³/mol. The van der Waals surface area contributed by atoms with Crippen molar-refractivity contribution in [3.05, 3.63) is 141 Å². The summed E-state index contributed by atoms with van der Waals surface area (Å²) in [7, 11) is 0. The molecule has 4 aromatic rings. The van der Waals surface area contributed by atoms with Crippen LogP contribution in [0.3, 0.4) is 0 Å². The van der Waals surface area contributed by atoms with E-state index in [1.54, 1.807) is 24.4 Å². The summed E-state index contributed by atoms with van der Waals surface area (Å²) in [6.45, 7) is 1.90. The smallest absolute Gasteiger partial charge is 0.271 e. The van der Waals surface area contributed by atoms with Gasteiger partial charge in [0.15, 0.2) is 0 Å². The van der Waals surface area contributed by atoms with Gasteiger partial charge in [-0.3, -0.25) is 24.5 Å². The molecule has 9 nitrogen and oxygen atoms in total. The molecule has 0 spiro atoms. The SMILES string of the molecule is Cc1cccc(C(=O)N/N=C/C23c4ccccc4C(c4ccccc42)[C@H]2C(=O)N(c4ccc([N+](=O)[O-])cc4)C(=O)[C@H]23)c1. The van der Waals surface area contributed by atoms with Crippen LogP contribution in [0.2, 0.25) is 0 Å². The zero-order valence-electron chi connectivity index (χ0n) is 22.4. The molecule has 1 saturated heterocycles. The molecule has 1 N–H and O–H groups in total. The fourth-order valence-corrected chi connectivity index (χ4v) is 7.07. The van der Waals surface area contributed by atoms with Crippen molar-refractivity contribution >= 4 is 35.3 Å². The molecule has 0 radical (unpaired) electrons. The number of carbonyl (C=O) groups is 3. The first-order valence-electron chi connectivity index (χ1n) is 13.5. The van der Waals surface area contributed by atoms with Crippen molar-refractivity contribution in [1.29, 1.82) is 0 Å². The maximum atomic E-state index is 14.4. The first-order valence-corrected chi connectivity index (χ1v) is 13.5. The summed E-state index contributed by atoms with van der Waals surface area (Å²) in [4.78, 5) is 53.4. The summed E-state index contributed by atoms with van der Waals surface area (Å²) < 4.78 is 0. The van der Waals surface area contributed by atoms with Crippen LogP contribution in [-0.2, 0) is 15.0 Å². The highest BCUT2D eigenvalue weighted by molar-refractivity contribution is 6.25. The van der Waals surface area contributed by atoms with Crippen LogP contribution in [0, 0.1) is 28.9 Å². The van der Waals surface area contributed by atoms with Gasteiger partial charge in [-0.05, 0) is 53.4 Å². The topological polar surface area (TPSA) is 122 Å². The zero-order chi connectivity index (χ0) is 29.2. The Bertz CT molecular complexity index is 1800. The van der Waals surface area contributed by atoms with Gasteiger partial charge < -0.3 is 0 Å². The number of hydrogen-bond acceptors (Lipinski definition) is 6. The normalized spacial score (nSPS) is 23.5. The van der Waals surface area contributed by atoms with Gasteiger partial charge in [-0.2, -0.15) is 5.10 Å². The van der Waals surface area contributed by atoms with Crippen LogP contribution in [0.4, 0.5) is 11.4 Å². The van der Waals surface area contributed by atoms with E-state index in [0.29, 0.717) is 5.56 Å². The van der Waals surface area contributed by atoms with E-state index in [1.807, 2.05) is 61.5 Å². The van der Waals surface area contributed by atoms with Crippen molar-refractivity contribution in [2.75, 3.05) is 4.90 Å². The van der Waals surface area contributed by atoms with E-state index in [2.05, 4.69) is 10.5 Å². The number of carbonyl (C=O) groups excluding carboxylic acids is 3. The molecule has 2 bridgehead atoms. The van der Waals surface area contributed by atoms with Crippen molar-refractivity contribution in [3.63, 3.8) is 0 Å². The zero-order valence-corrected chi connectivity index (χ0v) is 22.4. The number of non-ortho nitro benzene ring substituents is 1. The molecule has 2 atom stereocenters. The van der Waals surface area contributed by atoms with Gasteiger partial charge in [0.1, 0.15) is 0 Å². The number of nitrogens with zero attached hydrogens (tertiary/aromatic N) is 3. The standard InChI is InChI=1S/C33H24N4O5/c1-19-7-6-8-20(17-19)30(38)35-34-18-33-25-11-4-2-9-23(25)27(24-10-3-5-12-26(24)33)28-29(33)32(40)36(31(28)39)21-13-15-22(16-14-21)37(41)42/h2-18,27-29H,1H3,(H,35,38)/b34-18+/t27?,28-,29+,33?/m1/s1. The quantitative estimate of drug-likeness (QED) is 0.163. The number of nitro groups is 1. The molecular weight excluding hydrogens is 532 g/mol. The van der Waals surface area contributed by atoms with Gasteiger partial charge in [-0.1, -0.05) is 66.2 Å². The number of aryl methyl sites for hydroxylation is 1. The Morgan fingerprint density at radius 3 is 2.17 bits per heavy atom. The molecule has 8 rings (SSSR count). The average Bonchev–Trinajstić information content (AvgIpc) is 3.27. The second-order valence-corrected chi connectivity index (χ2v) is 10.9. The number of anilines is 1. The molecule has 4 aliphatic rings. The molecule has 1 heterocycles. The number of hydrogen-bond donors (Lipinski definition) is 1. The molecule has 3 aliphatic carbocycles. The van der Waals surface area contributed by atoms with Crippen molar-refractivity contribution in [2.24, 2.45) is 16.9 Å². The Labute approximate surface area is 240 Å². The summed E-state index contributed by atoms with van der Waals surface area (Å²) in [6, 6.07) is 28.1. The lowest BCUT2D eigenvalue weighted by molar-refractivity contribution is -0.384. The van der Waals surface area contributed by atoms with Crippen LogP contribution in [0.5, 0.6) is 0 Å². The lowest BCUT2D eigenvalue weighted by Gasteiger charge is -2.52. The van der Waals surface area contributed by atoms with E-state index in [4.69, 9.17) is 0 Å². The highest BCUT2D eigenvalue weighted by Crippen LogP contribution is 2.63. The number of benzene rings is 4. The third-order valence-electron chi connectivity index (χ3n) is 8.72. The highest BCUT2D eigenvalue weighted by atomic mass is 16.6. The van der Waals surface area contributed by atoms with Crippen molar-refractivity contribution in [3.8, 4) is 0 Å². The van der Waals surface area contributed by atoms with Crippen LogP contribution >= 0.6 is 0 Å². The number of hydrazone groups is 1. The number of nitro benzene ring substituents is 1. The van der Waals surface area contributed by atoms with Gasteiger partial charge in [0.2, 0.25) is 11.8 Å². The monoisotopic (exact) mass is 556 g/mol. The second kappa shape index (κ2) is 9.31. The van der Waals surface area contributed by atoms with Gasteiger partial charge in [0.25, 0.3) is 11.6 Å². The molecule has 0 unspecified atom stereocenters. The van der Waals surface area contributed by atoms with Gasteiger partial charge in [0.05, 0.1) is 27.9 Å². The summed E-state index contributed by atoms with van der Waals surface area (Å²) >= 11 is 0. The maximum Gasteiger partial charge on any atom is 0.271 e. The van der Waals surface area contributed by atoms with E-state index < -0.39 is 34.0 Å². The Morgan fingerprint density at radius 1 is 0.905 bits per heavy atom. The number of imide groups is 1. The van der Waals surface area contributed by atoms with Gasteiger partial charge in [0, 0.05) is 29.8 Å². The van der Waals surface area contributed by atoms with Crippen LogP contribution in [-0.4, -0.2) is 28.9 Å². The fourth-order valence-electron chi connectivity index (χ4n) is 7.07. The molecule has 0 aromatic heterocycles. The third kappa shape index (κ3) is 3.49. The summed E-state index contributed by atoms with van der Waals surface area (Å²) in [5.41, 5.74) is 6.59. The molecule has 4 aromatic carbocycles. The van der Waals surface area contributed by atoms with Gasteiger partial charge in [-0.15, -0.1) is 0 Å². The molecule has 1 aliphatic heterocycles. The van der Waals surface area contributed by atoms with Crippen molar-refractivity contribution in [1.82, 2.24) is 5.43 Å². The largest absolute Gasteiger partial charge is 0.274 e. The summed E-state index contributed by atoms with van der Waals surface area (Å²) in [5.74, 6) is -3.10. The molecule has 0 saturated carbocycles. The minimum Gasteiger partial charge on any atom is -0.274 e. The molecule has 9 heteroatoms. The fraction of sp³-hybridized carbons (Fsp3) is 0.152. The maximum absolute atomic E-state index is 14.4. The first kappa shape index (κ1) is 25.5. The van der Waals surface area contributed by atoms with E-state index in [-0.39, 0.29) is 23.2 Å². The average molecular weight is 557 g/mol. The Hall–Kier alpha value is -5.44. The van der Waals surface area contributed by atoms with Crippen LogP contribution in [0.1, 0.15) is 44.1 Å². The Balaban J connectivity index is 1.38. The van der Waals surface area contributed by atoms with Crippen LogP contribution in [0.25, 0.3) is 0 Å². The predicted octanol–water partition coefficient (Wildman–Crippen LogP) is 4.87. The highest BCUT2D eigenvalue weighted by Gasteiger charge is 2.68. The van der Waals surface area contributed by atoms with E-state index in [9.17, 15) is 24.5 Å². The van der Waals surface area contributed by atoms with Gasteiger partial charge in [-0.25, -0.2) is 10.3 Å². The molecule has 42 heavy (non-hydrogen) atoms. The number of amides is 3. The lowest BCUT2D eigenvalue weighted by Crippen LogP contribution is -2.54. The third-order valence-corrected chi connectivity index (χ3v) is 8.72. The Kier molecular flexibility index (Phi) is 5.65. The summed E-state index contributed by atoms with van der Waals surface area (Å²) in [5, 5.41) is 15.7. The molecule has 3 amide bonds.